The number of amides is 1. The molecule has 3 N–H and O–H groups in total. The van der Waals surface area contributed by atoms with Gasteiger partial charge in [0.15, 0.2) is 0 Å². The average Bonchev–Trinajstić information content (AvgIpc) is 2.92. The van der Waals surface area contributed by atoms with Gasteiger partial charge < -0.3 is 15.8 Å². The fourth-order valence-electron chi connectivity index (χ4n) is 3.82. The van der Waals surface area contributed by atoms with Gasteiger partial charge in [-0.1, -0.05) is 6.42 Å². The number of nitrogens with zero attached hydrogens (tertiary/aromatic N) is 1. The number of nitrogens with two attached hydrogens (primary N) is 1. The van der Waals surface area contributed by atoms with Crippen LogP contribution in [-0.4, -0.2) is 43.6 Å². The number of methoxy groups -OCH3 is 1. The zero-order valence-electron chi connectivity index (χ0n) is 13.5. The molecule has 5 nitrogen and oxygen atoms in total. The molecule has 0 radical (unpaired) electrons. The zero-order chi connectivity index (χ0) is 15.5. The summed E-state index contributed by atoms with van der Waals surface area (Å²) in [6.07, 6.45) is 3.62. The van der Waals surface area contributed by atoms with Crippen molar-refractivity contribution in [2.45, 2.75) is 25.3 Å². The predicted octanol–water partition coefficient (Wildman–Crippen LogP) is 2.11. The molecular weight excluding hydrogens is 314 g/mol. The van der Waals surface area contributed by atoms with Crippen LogP contribution in [-0.2, 0) is 4.79 Å². The van der Waals surface area contributed by atoms with E-state index in [4.69, 9.17) is 10.5 Å². The molecule has 1 saturated heterocycles. The predicted molar refractivity (Wildman–Crippen MR) is 94.1 cm³/mol. The fraction of sp³-hybridized carbons (Fsp3) is 0.588. The number of carbonyl (C=O) groups excluding carboxylic acids is 1. The van der Waals surface area contributed by atoms with E-state index in [1.807, 2.05) is 24.3 Å². The number of rotatable bonds is 4. The Bertz CT molecular complexity index is 523. The Hall–Kier alpha value is -1.30. The lowest BCUT2D eigenvalue weighted by Gasteiger charge is -2.29. The van der Waals surface area contributed by atoms with Crippen LogP contribution < -0.4 is 15.8 Å². The number of benzene rings is 1. The van der Waals surface area contributed by atoms with Gasteiger partial charge in [-0.05, 0) is 48.9 Å². The van der Waals surface area contributed by atoms with Crippen molar-refractivity contribution < 1.29 is 9.53 Å². The molecule has 0 aromatic heterocycles. The average molecular weight is 340 g/mol. The Morgan fingerprint density at radius 2 is 2.04 bits per heavy atom. The largest absolute Gasteiger partial charge is 0.497 e. The van der Waals surface area contributed by atoms with Gasteiger partial charge in [0.2, 0.25) is 5.91 Å². The summed E-state index contributed by atoms with van der Waals surface area (Å²) >= 11 is 0. The van der Waals surface area contributed by atoms with Gasteiger partial charge in [0.05, 0.1) is 13.7 Å². The van der Waals surface area contributed by atoms with Crippen LogP contribution in [0, 0.1) is 11.8 Å². The highest BCUT2D eigenvalue weighted by atomic mass is 35.5. The number of fused-ring (bicyclic) bond motifs is 1. The molecule has 0 spiro atoms. The maximum absolute atomic E-state index is 12.2. The van der Waals surface area contributed by atoms with Crippen molar-refractivity contribution in [2.75, 3.05) is 32.1 Å². The van der Waals surface area contributed by atoms with Crippen molar-refractivity contribution >= 4 is 24.0 Å². The first-order valence-corrected chi connectivity index (χ1v) is 8.07. The number of nitrogens with one attached hydrogen (secondary N) is 1. The lowest BCUT2D eigenvalue weighted by molar-refractivity contribution is -0.117. The molecule has 1 saturated carbocycles. The third kappa shape index (κ3) is 4.37. The summed E-state index contributed by atoms with van der Waals surface area (Å²) in [5, 5.41) is 2.95. The SMILES string of the molecule is COc1ccc(NC(=O)CN2CC3CCCC(N)C3C2)cc1.Cl. The standard InChI is InChI=1S/C17H25N3O2.ClH/c1-22-14-7-5-13(6-8-14)19-17(21)11-20-9-12-3-2-4-16(18)15(12)10-20;/h5-8,12,15-16H,2-4,9-11,18H2,1H3,(H,19,21);1H. The second-order valence-electron chi connectivity index (χ2n) is 6.49. The normalized spacial score (nSPS) is 27.0. The minimum Gasteiger partial charge on any atom is -0.497 e. The van der Waals surface area contributed by atoms with Crippen LogP contribution in [0.15, 0.2) is 24.3 Å². The molecule has 2 fully saturated rings. The van der Waals surface area contributed by atoms with E-state index in [9.17, 15) is 4.79 Å². The van der Waals surface area contributed by atoms with E-state index >= 15 is 0 Å². The van der Waals surface area contributed by atoms with Gasteiger partial charge in [-0.2, -0.15) is 0 Å². The maximum Gasteiger partial charge on any atom is 0.238 e. The van der Waals surface area contributed by atoms with Crippen molar-refractivity contribution in [3.8, 4) is 5.75 Å². The number of hydrogen-bond donors (Lipinski definition) is 2. The van der Waals surface area contributed by atoms with Crippen LogP contribution in [0.2, 0.25) is 0 Å². The van der Waals surface area contributed by atoms with Crippen LogP contribution >= 0.6 is 12.4 Å². The molecule has 1 amide bonds. The van der Waals surface area contributed by atoms with Crippen molar-refractivity contribution in [3.63, 3.8) is 0 Å². The summed E-state index contributed by atoms with van der Waals surface area (Å²) < 4.78 is 5.11. The van der Waals surface area contributed by atoms with E-state index in [2.05, 4.69) is 10.2 Å². The van der Waals surface area contributed by atoms with Gasteiger partial charge in [0.25, 0.3) is 0 Å². The van der Waals surface area contributed by atoms with Crippen molar-refractivity contribution in [2.24, 2.45) is 17.6 Å². The van der Waals surface area contributed by atoms with Gasteiger partial charge in [0.1, 0.15) is 5.75 Å². The first-order valence-electron chi connectivity index (χ1n) is 8.07. The topological polar surface area (TPSA) is 67.6 Å². The molecular formula is C17H26ClN3O2. The second-order valence-corrected chi connectivity index (χ2v) is 6.49. The van der Waals surface area contributed by atoms with E-state index < -0.39 is 0 Å². The minimum atomic E-state index is 0. The van der Waals surface area contributed by atoms with E-state index in [1.54, 1.807) is 7.11 Å². The lowest BCUT2D eigenvalue weighted by Crippen LogP contribution is -2.38. The Kier molecular flexibility index (Phi) is 6.27. The van der Waals surface area contributed by atoms with E-state index in [0.29, 0.717) is 24.4 Å². The van der Waals surface area contributed by atoms with Crippen molar-refractivity contribution in [1.29, 1.82) is 0 Å². The number of halogens is 1. The Labute approximate surface area is 144 Å². The summed E-state index contributed by atoms with van der Waals surface area (Å²) in [6.45, 7) is 2.42. The van der Waals surface area contributed by atoms with Gasteiger partial charge in [-0.15, -0.1) is 12.4 Å². The van der Waals surface area contributed by atoms with Crippen LogP contribution in [0.25, 0.3) is 0 Å². The van der Waals surface area contributed by atoms with Crippen LogP contribution in [0.1, 0.15) is 19.3 Å². The van der Waals surface area contributed by atoms with Crippen LogP contribution in [0.5, 0.6) is 5.75 Å². The lowest BCUT2D eigenvalue weighted by atomic mass is 9.78. The highest BCUT2D eigenvalue weighted by Gasteiger charge is 2.38. The molecule has 1 aromatic rings. The summed E-state index contributed by atoms with van der Waals surface area (Å²) in [5.74, 6) is 2.08. The molecule has 2 aliphatic rings. The third-order valence-electron chi connectivity index (χ3n) is 4.97. The summed E-state index contributed by atoms with van der Waals surface area (Å²) in [5.41, 5.74) is 7.03. The molecule has 3 unspecified atom stereocenters. The number of ether oxygens (including phenoxy) is 1. The Morgan fingerprint density at radius 3 is 2.70 bits per heavy atom. The smallest absolute Gasteiger partial charge is 0.238 e. The van der Waals surface area contributed by atoms with Gasteiger partial charge in [-0.3, -0.25) is 9.69 Å². The minimum absolute atomic E-state index is 0. The molecule has 3 atom stereocenters. The molecule has 6 heteroatoms. The van der Waals surface area contributed by atoms with Gasteiger partial charge in [-0.25, -0.2) is 0 Å². The highest BCUT2D eigenvalue weighted by molar-refractivity contribution is 5.92. The molecule has 1 aliphatic carbocycles. The van der Waals surface area contributed by atoms with Crippen LogP contribution in [0.4, 0.5) is 5.69 Å². The van der Waals surface area contributed by atoms with Crippen molar-refractivity contribution in [3.05, 3.63) is 24.3 Å². The molecule has 1 aromatic carbocycles. The van der Waals surface area contributed by atoms with Crippen molar-refractivity contribution in [1.82, 2.24) is 4.90 Å². The van der Waals surface area contributed by atoms with Gasteiger partial charge >= 0.3 is 0 Å². The molecule has 23 heavy (non-hydrogen) atoms. The Balaban J connectivity index is 0.00000192. The molecule has 128 valence electrons. The molecule has 0 bridgehead atoms. The number of hydrogen-bond acceptors (Lipinski definition) is 4. The van der Waals surface area contributed by atoms with E-state index in [1.165, 1.54) is 12.8 Å². The monoisotopic (exact) mass is 339 g/mol. The zero-order valence-corrected chi connectivity index (χ0v) is 14.3. The quantitative estimate of drug-likeness (QED) is 0.881. The number of carbonyl (C=O) groups is 1. The second kappa shape index (κ2) is 7.99. The number of anilines is 1. The highest BCUT2D eigenvalue weighted by Crippen LogP contribution is 2.35. The molecule has 3 rings (SSSR count). The van der Waals surface area contributed by atoms with Gasteiger partial charge in [0, 0.05) is 24.8 Å². The third-order valence-corrected chi connectivity index (χ3v) is 4.97. The first kappa shape index (κ1) is 18.0. The fourth-order valence-corrected chi connectivity index (χ4v) is 3.82. The number of likely N-dealkylation sites (tertiary alicyclic amines) is 1. The van der Waals surface area contributed by atoms with E-state index in [0.717, 1.165) is 30.9 Å². The summed E-state index contributed by atoms with van der Waals surface area (Å²) in [6, 6.07) is 7.72. The summed E-state index contributed by atoms with van der Waals surface area (Å²) in [7, 11) is 1.63. The molecule has 1 aliphatic heterocycles. The van der Waals surface area contributed by atoms with Crippen LogP contribution in [0.3, 0.4) is 0 Å². The summed E-state index contributed by atoms with van der Waals surface area (Å²) in [4.78, 5) is 14.4. The first-order chi connectivity index (χ1) is 10.7. The Morgan fingerprint density at radius 1 is 1.30 bits per heavy atom. The van der Waals surface area contributed by atoms with E-state index in [-0.39, 0.29) is 18.3 Å². The molecule has 1 heterocycles. The maximum atomic E-state index is 12.2.